The maximum atomic E-state index is 13.3. The van der Waals surface area contributed by atoms with Crippen molar-refractivity contribution in [1.82, 2.24) is 42.5 Å². The van der Waals surface area contributed by atoms with Gasteiger partial charge in [0, 0.05) is 13.0 Å². The van der Waals surface area contributed by atoms with Gasteiger partial charge in [-0.05, 0) is 36.5 Å². The molecule has 0 bridgehead atoms. The van der Waals surface area contributed by atoms with Crippen LogP contribution in [0.1, 0.15) is 57.9 Å². The number of carboxylic acids is 5. The lowest BCUT2D eigenvalue weighted by Crippen LogP contribution is -2.58. The van der Waals surface area contributed by atoms with Gasteiger partial charge in [-0.25, -0.2) is 4.79 Å². The molecule has 0 aliphatic rings. The number of hydrogen-bond acceptors (Lipinski definition) is 16. The fourth-order valence-corrected chi connectivity index (χ4v) is 5.84. The first-order valence-electron chi connectivity index (χ1n) is 21.1. The number of nitrogens with one attached hydrogen (secondary N) is 8. The van der Waals surface area contributed by atoms with Crippen LogP contribution >= 0.6 is 0 Å². The SMILES string of the molecule is CC(C)[C@H](N)C(=O)N[C@@H](CCCN=C(N)N)C(=O)N[C@@H](CC(=O)O)C(=O)NCC(=O)N[C@@H](CC(=O)O)C(=O)N[C@@H](CC(=O)O)C(=O)NCC(=O)N[C@@H](CC(=O)O)C(=O)N[C@@H](Cc1ccc(O)cc1)C(=O)O. The van der Waals surface area contributed by atoms with E-state index >= 15 is 0 Å². The highest BCUT2D eigenvalue weighted by atomic mass is 16.4. The molecule has 1 aromatic rings. The Bertz CT molecular complexity index is 2170. The fourth-order valence-electron chi connectivity index (χ4n) is 5.84. The lowest BCUT2D eigenvalue weighted by Gasteiger charge is -2.24. The number of guanidine groups is 1. The minimum Gasteiger partial charge on any atom is -0.508 e. The minimum atomic E-state index is -2.10. The summed E-state index contributed by atoms with van der Waals surface area (Å²) in [6.45, 7) is 1.06. The minimum absolute atomic E-state index is 0.00616. The van der Waals surface area contributed by atoms with E-state index in [2.05, 4.69) is 20.9 Å². The molecule has 0 spiro atoms. The number of carbonyl (C=O) groups excluding carboxylic acids is 8. The highest BCUT2D eigenvalue weighted by Crippen LogP contribution is 2.12. The van der Waals surface area contributed by atoms with E-state index < -0.39 is 158 Å². The highest BCUT2D eigenvalue weighted by Gasteiger charge is 2.34. The number of aliphatic imine (C=N–C) groups is 1. The average Bonchev–Trinajstić information content (AvgIpc) is 3.26. The number of rotatable bonds is 32. The van der Waals surface area contributed by atoms with E-state index in [1.165, 1.54) is 24.3 Å². The molecule has 0 heterocycles. The molecule has 1 rings (SSSR count). The molecule has 31 heteroatoms. The molecule has 0 saturated carbocycles. The van der Waals surface area contributed by atoms with Gasteiger partial charge in [-0.15, -0.1) is 0 Å². The molecule has 0 aliphatic carbocycles. The average molecular weight is 1010 g/mol. The zero-order chi connectivity index (χ0) is 54.1. The van der Waals surface area contributed by atoms with Crippen LogP contribution in [-0.4, -0.2) is 176 Å². The number of phenols is 1. The number of carboxylic acid groups (broad SMARTS) is 5. The van der Waals surface area contributed by atoms with Crippen LogP contribution in [0.4, 0.5) is 0 Å². The molecule has 0 aromatic heterocycles. The van der Waals surface area contributed by atoms with Gasteiger partial charge in [0.25, 0.3) is 0 Å². The molecule has 7 atom stereocenters. The molecule has 1 aromatic carbocycles. The summed E-state index contributed by atoms with van der Waals surface area (Å²) in [5, 5.41) is 73.1. The van der Waals surface area contributed by atoms with E-state index in [0.717, 1.165) is 0 Å². The maximum Gasteiger partial charge on any atom is 0.326 e. The van der Waals surface area contributed by atoms with E-state index in [-0.39, 0.29) is 43.4 Å². The Morgan fingerprint density at radius 2 is 0.887 bits per heavy atom. The summed E-state index contributed by atoms with van der Waals surface area (Å²) in [6.07, 6.45) is -4.94. The normalized spacial score (nSPS) is 13.6. The van der Waals surface area contributed by atoms with E-state index in [1.54, 1.807) is 13.8 Å². The Kier molecular flexibility index (Phi) is 25.5. The molecule has 0 radical (unpaired) electrons. The lowest BCUT2D eigenvalue weighted by atomic mass is 10.0. The van der Waals surface area contributed by atoms with E-state index in [9.17, 15) is 93.0 Å². The van der Waals surface area contributed by atoms with Gasteiger partial charge >= 0.3 is 29.8 Å². The zero-order valence-electron chi connectivity index (χ0n) is 38.2. The number of phenolic OH excluding ortho intramolecular Hbond substituents is 1. The Labute approximate surface area is 402 Å². The molecular weight excluding hydrogens is 953 g/mol. The molecule has 0 fully saturated rings. The summed E-state index contributed by atoms with van der Waals surface area (Å²) >= 11 is 0. The van der Waals surface area contributed by atoms with Gasteiger partial charge in [0.05, 0.1) is 44.8 Å². The van der Waals surface area contributed by atoms with Crippen LogP contribution in [0.2, 0.25) is 0 Å². The second-order valence-electron chi connectivity index (χ2n) is 15.7. The van der Waals surface area contributed by atoms with Crippen LogP contribution < -0.4 is 59.7 Å². The summed E-state index contributed by atoms with van der Waals surface area (Å²) in [6, 6.07) is -6.96. The van der Waals surface area contributed by atoms with E-state index in [0.29, 0.717) is 5.56 Å². The van der Waals surface area contributed by atoms with Crippen LogP contribution in [0, 0.1) is 5.92 Å². The fraction of sp³-hybridized carbons (Fsp3) is 0.500. The van der Waals surface area contributed by atoms with Crippen LogP contribution in [0.25, 0.3) is 0 Å². The molecular formula is C40H58N12O19. The first kappa shape index (κ1) is 60.4. The van der Waals surface area contributed by atoms with Gasteiger partial charge in [0.1, 0.15) is 42.0 Å². The van der Waals surface area contributed by atoms with Crippen LogP contribution in [0.15, 0.2) is 29.3 Å². The number of aromatic hydroxyl groups is 1. The summed E-state index contributed by atoms with van der Waals surface area (Å²) in [4.78, 5) is 166. The van der Waals surface area contributed by atoms with Gasteiger partial charge in [-0.1, -0.05) is 26.0 Å². The topological polar surface area (TPSA) is 530 Å². The summed E-state index contributed by atoms with van der Waals surface area (Å²) in [5.41, 5.74) is 16.8. The number of nitrogens with two attached hydrogens (primary N) is 3. The van der Waals surface area contributed by atoms with Crippen molar-refractivity contribution in [3.05, 3.63) is 29.8 Å². The third kappa shape index (κ3) is 24.3. The Hall–Kier alpha value is -8.64. The molecule has 31 nitrogen and oxygen atoms in total. The third-order valence-electron chi connectivity index (χ3n) is 9.52. The van der Waals surface area contributed by atoms with Crippen molar-refractivity contribution in [2.75, 3.05) is 19.6 Å². The molecule has 392 valence electrons. The number of benzene rings is 1. The van der Waals surface area contributed by atoms with Crippen molar-refractivity contribution in [1.29, 1.82) is 0 Å². The Morgan fingerprint density at radius 3 is 1.25 bits per heavy atom. The highest BCUT2D eigenvalue weighted by molar-refractivity contribution is 5.99. The van der Waals surface area contributed by atoms with Crippen molar-refractivity contribution in [3.63, 3.8) is 0 Å². The standard InChI is InChI=1S/C40H58N12O19/c1-17(2)32(41)38(69)49-20(4-3-9-44-40(42)43)35(66)50-21(11-28(56)57)33(64)45-15-26(54)47-23(13-30(60)61)36(67)51-22(12-29(58)59)34(65)46-16-27(55)48-24(14-31(62)63)37(68)52-25(39(70)71)10-18-5-7-19(53)8-6-18/h5-8,17,20-25,32,53H,3-4,9-16,41H2,1-2H3,(H,45,64)(H,46,65)(H,47,54)(H,48,55)(H,49,69)(H,50,66)(H,51,67)(H,52,68)(H,56,57)(H,58,59)(H,60,61)(H,62,63)(H,70,71)(H4,42,43,44)/t20-,21-,22-,23-,24-,25-,32-/m0/s1. The quantitative estimate of drug-likeness (QED) is 0.0181. The first-order chi connectivity index (χ1) is 33.1. The van der Waals surface area contributed by atoms with Crippen molar-refractivity contribution in [3.8, 4) is 5.75 Å². The van der Waals surface area contributed by atoms with Crippen LogP contribution in [0.5, 0.6) is 5.75 Å². The predicted molar refractivity (Wildman–Crippen MR) is 239 cm³/mol. The second-order valence-corrected chi connectivity index (χ2v) is 15.7. The zero-order valence-corrected chi connectivity index (χ0v) is 38.2. The number of hydrogen-bond donors (Lipinski definition) is 17. The van der Waals surface area contributed by atoms with Crippen molar-refractivity contribution >= 4 is 83.1 Å². The molecule has 71 heavy (non-hydrogen) atoms. The van der Waals surface area contributed by atoms with Gasteiger partial charge in [0.15, 0.2) is 5.96 Å². The number of amides is 8. The third-order valence-corrected chi connectivity index (χ3v) is 9.52. The molecule has 8 amide bonds. The summed E-state index contributed by atoms with van der Waals surface area (Å²) < 4.78 is 0. The summed E-state index contributed by atoms with van der Waals surface area (Å²) in [5.74, 6) is -18.9. The maximum absolute atomic E-state index is 13.3. The molecule has 20 N–H and O–H groups in total. The largest absolute Gasteiger partial charge is 0.508 e. The molecule has 0 saturated heterocycles. The second kappa shape index (κ2) is 30.0. The lowest BCUT2D eigenvalue weighted by molar-refractivity contribution is -0.144. The number of nitrogens with zero attached hydrogens (tertiary/aromatic N) is 1. The van der Waals surface area contributed by atoms with Gasteiger partial charge in [-0.2, -0.15) is 0 Å². The first-order valence-corrected chi connectivity index (χ1v) is 21.1. The number of aliphatic carboxylic acids is 5. The van der Waals surface area contributed by atoms with Crippen molar-refractivity contribution in [2.45, 2.75) is 101 Å². The monoisotopic (exact) mass is 1010 g/mol. The Balaban J connectivity index is 3.09. The Morgan fingerprint density at radius 1 is 0.521 bits per heavy atom. The predicted octanol–water partition coefficient (Wildman–Crippen LogP) is -6.90. The van der Waals surface area contributed by atoms with Gasteiger partial charge in [-0.3, -0.25) is 62.5 Å². The van der Waals surface area contributed by atoms with Crippen LogP contribution in [-0.2, 0) is 68.7 Å². The van der Waals surface area contributed by atoms with E-state index in [4.69, 9.17) is 17.2 Å². The van der Waals surface area contributed by atoms with E-state index in [1.807, 2.05) is 26.6 Å². The molecule has 0 unspecified atom stereocenters. The van der Waals surface area contributed by atoms with Crippen LogP contribution in [0.3, 0.4) is 0 Å². The smallest absolute Gasteiger partial charge is 0.326 e. The summed E-state index contributed by atoms with van der Waals surface area (Å²) in [7, 11) is 0. The molecule has 0 aliphatic heterocycles. The van der Waals surface area contributed by atoms with Gasteiger partial charge < -0.3 is 90.4 Å². The van der Waals surface area contributed by atoms with Crippen molar-refractivity contribution < 1.29 is 93.0 Å². The van der Waals surface area contributed by atoms with Gasteiger partial charge in [0.2, 0.25) is 47.3 Å². The van der Waals surface area contributed by atoms with Crippen molar-refractivity contribution in [2.24, 2.45) is 28.1 Å². The number of carbonyl (C=O) groups is 13.